The average molecular weight is 424 g/mol. The van der Waals surface area contributed by atoms with E-state index < -0.39 is 6.04 Å². The SMILES string of the molecule is Cl.N[C@@H](Cc1ccccc1)C(=O)Nc1ccc(C(=O)N2CCOCC2)c(Cl)c1. The number of amides is 2. The van der Waals surface area contributed by atoms with Gasteiger partial charge in [0.15, 0.2) is 0 Å². The normalized spacial score (nSPS) is 14.7. The van der Waals surface area contributed by atoms with Crippen LogP contribution in [0.1, 0.15) is 15.9 Å². The molecule has 1 heterocycles. The maximum absolute atomic E-state index is 12.5. The molecule has 6 nitrogen and oxygen atoms in total. The van der Waals surface area contributed by atoms with Crippen molar-refractivity contribution in [2.45, 2.75) is 12.5 Å². The molecule has 28 heavy (non-hydrogen) atoms. The Morgan fingerprint density at radius 3 is 2.46 bits per heavy atom. The maximum Gasteiger partial charge on any atom is 0.255 e. The third-order valence-electron chi connectivity index (χ3n) is 4.40. The molecule has 1 saturated heterocycles. The van der Waals surface area contributed by atoms with Gasteiger partial charge in [-0.3, -0.25) is 9.59 Å². The third kappa shape index (κ3) is 5.69. The second-order valence-corrected chi connectivity index (χ2v) is 6.79. The third-order valence-corrected chi connectivity index (χ3v) is 4.71. The van der Waals surface area contributed by atoms with Crippen LogP contribution in [0.15, 0.2) is 48.5 Å². The molecule has 0 spiro atoms. The van der Waals surface area contributed by atoms with Crippen molar-refractivity contribution in [2.24, 2.45) is 5.73 Å². The van der Waals surface area contributed by atoms with E-state index in [2.05, 4.69) is 5.32 Å². The lowest BCUT2D eigenvalue weighted by molar-refractivity contribution is -0.117. The number of nitrogens with zero attached hydrogens (tertiary/aromatic N) is 1. The Kier molecular flexibility index (Phi) is 8.26. The molecule has 2 aromatic carbocycles. The van der Waals surface area contributed by atoms with Crippen LogP contribution in [0.3, 0.4) is 0 Å². The summed E-state index contributed by atoms with van der Waals surface area (Å²) in [6.45, 7) is 2.14. The van der Waals surface area contributed by atoms with Gasteiger partial charge in [-0.1, -0.05) is 41.9 Å². The zero-order chi connectivity index (χ0) is 19.2. The highest BCUT2D eigenvalue weighted by Gasteiger charge is 2.21. The van der Waals surface area contributed by atoms with E-state index in [1.165, 1.54) is 0 Å². The Morgan fingerprint density at radius 2 is 1.82 bits per heavy atom. The molecule has 0 unspecified atom stereocenters. The lowest BCUT2D eigenvalue weighted by Crippen LogP contribution is -2.40. The van der Waals surface area contributed by atoms with Crippen LogP contribution in [0.4, 0.5) is 5.69 Å². The monoisotopic (exact) mass is 423 g/mol. The minimum Gasteiger partial charge on any atom is -0.378 e. The highest BCUT2D eigenvalue weighted by Crippen LogP contribution is 2.23. The number of nitrogens with two attached hydrogens (primary N) is 1. The van der Waals surface area contributed by atoms with Crippen molar-refractivity contribution in [3.05, 3.63) is 64.7 Å². The highest BCUT2D eigenvalue weighted by atomic mass is 35.5. The van der Waals surface area contributed by atoms with Crippen LogP contribution >= 0.6 is 24.0 Å². The molecule has 1 aliphatic rings. The van der Waals surface area contributed by atoms with E-state index in [-0.39, 0.29) is 24.2 Å². The van der Waals surface area contributed by atoms with Gasteiger partial charge < -0.3 is 20.7 Å². The molecule has 3 N–H and O–H groups in total. The highest BCUT2D eigenvalue weighted by molar-refractivity contribution is 6.34. The van der Waals surface area contributed by atoms with Crippen molar-refractivity contribution in [1.29, 1.82) is 0 Å². The summed E-state index contributed by atoms with van der Waals surface area (Å²) in [4.78, 5) is 26.6. The Balaban J connectivity index is 0.00000280. The predicted molar refractivity (Wildman–Crippen MR) is 112 cm³/mol. The second kappa shape index (κ2) is 10.4. The van der Waals surface area contributed by atoms with Gasteiger partial charge in [0.05, 0.1) is 29.8 Å². The van der Waals surface area contributed by atoms with Crippen LogP contribution in [-0.4, -0.2) is 49.1 Å². The molecule has 1 aliphatic heterocycles. The van der Waals surface area contributed by atoms with Gasteiger partial charge in [-0.15, -0.1) is 12.4 Å². The van der Waals surface area contributed by atoms with Crippen LogP contribution in [0.2, 0.25) is 5.02 Å². The molecule has 0 saturated carbocycles. The number of nitrogens with one attached hydrogen (secondary N) is 1. The van der Waals surface area contributed by atoms with E-state index in [1.54, 1.807) is 23.1 Å². The number of carbonyl (C=O) groups is 2. The van der Waals surface area contributed by atoms with E-state index in [1.807, 2.05) is 30.3 Å². The lowest BCUT2D eigenvalue weighted by Gasteiger charge is -2.27. The van der Waals surface area contributed by atoms with Crippen molar-refractivity contribution in [3.8, 4) is 0 Å². The van der Waals surface area contributed by atoms with Gasteiger partial charge in [0.25, 0.3) is 5.91 Å². The summed E-state index contributed by atoms with van der Waals surface area (Å²) in [7, 11) is 0. The Labute approximate surface area is 175 Å². The molecule has 150 valence electrons. The van der Waals surface area contributed by atoms with E-state index >= 15 is 0 Å². The van der Waals surface area contributed by atoms with Crippen molar-refractivity contribution in [3.63, 3.8) is 0 Å². The Morgan fingerprint density at radius 1 is 1.14 bits per heavy atom. The van der Waals surface area contributed by atoms with Gasteiger partial charge >= 0.3 is 0 Å². The number of hydrogen-bond acceptors (Lipinski definition) is 4. The molecule has 2 amide bonds. The van der Waals surface area contributed by atoms with Crippen LogP contribution < -0.4 is 11.1 Å². The van der Waals surface area contributed by atoms with Gasteiger partial charge in [-0.05, 0) is 30.2 Å². The van der Waals surface area contributed by atoms with Gasteiger partial charge in [-0.2, -0.15) is 0 Å². The summed E-state index contributed by atoms with van der Waals surface area (Å²) in [6.07, 6.45) is 0.438. The molecular weight excluding hydrogens is 401 g/mol. The average Bonchev–Trinajstić information content (AvgIpc) is 2.69. The summed E-state index contributed by atoms with van der Waals surface area (Å²) in [6, 6.07) is 13.8. The van der Waals surface area contributed by atoms with E-state index in [0.717, 1.165) is 5.56 Å². The van der Waals surface area contributed by atoms with Crippen molar-refractivity contribution >= 4 is 41.5 Å². The maximum atomic E-state index is 12.5. The van der Waals surface area contributed by atoms with Crippen molar-refractivity contribution in [1.82, 2.24) is 4.90 Å². The molecular formula is C20H23Cl2N3O3. The fourth-order valence-corrected chi connectivity index (χ4v) is 3.16. The summed E-state index contributed by atoms with van der Waals surface area (Å²) in [5.41, 5.74) is 7.90. The van der Waals surface area contributed by atoms with Gasteiger partial charge in [-0.25, -0.2) is 0 Å². The number of rotatable bonds is 5. The molecule has 1 fully saturated rings. The summed E-state index contributed by atoms with van der Waals surface area (Å²) >= 11 is 6.27. The fourth-order valence-electron chi connectivity index (χ4n) is 2.90. The zero-order valence-corrected chi connectivity index (χ0v) is 16.8. The van der Waals surface area contributed by atoms with Crippen LogP contribution in [-0.2, 0) is 16.0 Å². The van der Waals surface area contributed by atoms with E-state index in [0.29, 0.717) is 49.0 Å². The lowest BCUT2D eigenvalue weighted by atomic mass is 10.1. The number of hydrogen-bond donors (Lipinski definition) is 2. The fraction of sp³-hybridized carbons (Fsp3) is 0.300. The quantitative estimate of drug-likeness (QED) is 0.773. The predicted octanol–water partition coefficient (Wildman–Crippen LogP) is 2.74. The standard InChI is InChI=1S/C20H22ClN3O3.ClH/c21-17-13-15(6-7-16(17)20(26)24-8-10-27-11-9-24)23-19(25)18(22)12-14-4-2-1-3-5-14;/h1-7,13,18H,8-12,22H2,(H,23,25);1H/t18-;/m0./s1. The summed E-state index contributed by atoms with van der Waals surface area (Å²) < 4.78 is 5.26. The molecule has 0 bridgehead atoms. The first-order chi connectivity index (χ1) is 13.0. The molecule has 0 aromatic heterocycles. The number of morpholine rings is 1. The first kappa shape index (κ1) is 22.2. The first-order valence-electron chi connectivity index (χ1n) is 8.81. The van der Waals surface area contributed by atoms with Crippen LogP contribution in [0, 0.1) is 0 Å². The first-order valence-corrected chi connectivity index (χ1v) is 9.19. The molecule has 0 aliphatic carbocycles. The van der Waals surface area contributed by atoms with Crippen molar-refractivity contribution < 1.29 is 14.3 Å². The van der Waals surface area contributed by atoms with E-state index in [4.69, 9.17) is 22.1 Å². The minimum atomic E-state index is -0.680. The summed E-state index contributed by atoms with van der Waals surface area (Å²) in [5, 5.41) is 3.05. The molecule has 8 heteroatoms. The van der Waals surface area contributed by atoms with Crippen LogP contribution in [0.25, 0.3) is 0 Å². The van der Waals surface area contributed by atoms with Crippen LogP contribution in [0.5, 0.6) is 0 Å². The molecule has 3 rings (SSSR count). The van der Waals surface area contributed by atoms with E-state index in [9.17, 15) is 9.59 Å². The zero-order valence-electron chi connectivity index (χ0n) is 15.3. The number of carbonyl (C=O) groups excluding carboxylic acids is 2. The smallest absolute Gasteiger partial charge is 0.255 e. The Bertz CT molecular complexity index is 812. The minimum absolute atomic E-state index is 0. The largest absolute Gasteiger partial charge is 0.378 e. The second-order valence-electron chi connectivity index (χ2n) is 6.38. The van der Waals surface area contributed by atoms with Gasteiger partial charge in [0, 0.05) is 18.8 Å². The van der Waals surface area contributed by atoms with Gasteiger partial charge in [0.1, 0.15) is 0 Å². The molecule has 0 radical (unpaired) electrons. The molecule has 1 atom stereocenters. The number of ether oxygens (including phenoxy) is 1. The molecule has 2 aromatic rings. The summed E-state index contributed by atoms with van der Waals surface area (Å²) in [5.74, 6) is -0.441. The topological polar surface area (TPSA) is 84.7 Å². The number of halogens is 2. The number of benzene rings is 2. The number of anilines is 1. The van der Waals surface area contributed by atoms with Crippen molar-refractivity contribution in [2.75, 3.05) is 31.6 Å². The van der Waals surface area contributed by atoms with Gasteiger partial charge in [0.2, 0.25) is 5.91 Å². The Hall–Kier alpha value is -2.12.